The van der Waals surface area contributed by atoms with E-state index in [0.29, 0.717) is 6.07 Å². The summed E-state index contributed by atoms with van der Waals surface area (Å²) in [6.07, 6.45) is -3.81. The maximum Gasteiger partial charge on any atom is 0.417 e. The monoisotopic (exact) mass is 444 g/mol. The maximum absolute atomic E-state index is 12.9. The van der Waals surface area contributed by atoms with Crippen molar-refractivity contribution in [3.05, 3.63) is 73.9 Å². The van der Waals surface area contributed by atoms with Gasteiger partial charge in [0.05, 0.1) is 26.2 Å². The molecule has 0 unspecified atom stereocenters. The van der Waals surface area contributed by atoms with Crippen molar-refractivity contribution in [3.63, 3.8) is 0 Å². The number of hydrogen-bond donors (Lipinski definition) is 2. The first kappa shape index (κ1) is 22.0. The van der Waals surface area contributed by atoms with E-state index in [1.807, 2.05) is 0 Å². The molecule has 0 aliphatic rings. The highest BCUT2D eigenvalue weighted by Gasteiger charge is 2.33. The van der Waals surface area contributed by atoms with E-state index >= 15 is 0 Å². The number of nitrogens with zero attached hydrogens (tertiary/aromatic N) is 2. The second kappa shape index (κ2) is 8.81. The highest BCUT2D eigenvalue weighted by atomic mass is 35.5. The summed E-state index contributed by atoms with van der Waals surface area (Å²) < 4.78 is 38.7. The number of nitrogens with one attached hydrogen (secondary N) is 2. The van der Waals surface area contributed by atoms with Gasteiger partial charge in [-0.1, -0.05) is 23.2 Å². The number of benzene rings is 2. The van der Waals surface area contributed by atoms with Gasteiger partial charge in [0, 0.05) is 24.0 Å². The van der Waals surface area contributed by atoms with Crippen molar-refractivity contribution in [2.75, 3.05) is 10.6 Å². The van der Waals surface area contributed by atoms with Gasteiger partial charge in [0.1, 0.15) is 11.6 Å². The van der Waals surface area contributed by atoms with E-state index in [1.54, 1.807) is 6.07 Å². The van der Waals surface area contributed by atoms with Crippen LogP contribution in [0.15, 0.2) is 48.2 Å². The number of carbonyl (C=O) groups is 1. The molecule has 7 nitrogen and oxygen atoms in total. The second-order valence-electron chi connectivity index (χ2n) is 5.38. The number of anilines is 2. The third-order valence-corrected chi connectivity index (χ3v) is 4.09. The van der Waals surface area contributed by atoms with Crippen molar-refractivity contribution < 1.29 is 22.9 Å². The number of halogens is 5. The molecule has 0 aliphatic heterocycles. The summed E-state index contributed by atoms with van der Waals surface area (Å²) >= 11 is 11.4. The van der Waals surface area contributed by atoms with E-state index in [-0.39, 0.29) is 22.1 Å². The third kappa shape index (κ3) is 5.60. The lowest BCUT2D eigenvalue weighted by atomic mass is 10.2. The molecule has 2 N–H and O–H groups in total. The Bertz CT molecular complexity index is 1050. The molecular weight excluding hydrogens is 436 g/mol. The van der Waals surface area contributed by atoms with E-state index in [4.69, 9.17) is 28.5 Å². The minimum Gasteiger partial charge on any atom is -0.360 e. The van der Waals surface area contributed by atoms with Gasteiger partial charge in [-0.25, -0.2) is 0 Å². The zero-order chi connectivity index (χ0) is 21.8. The Kier molecular flexibility index (Phi) is 6.68. The molecule has 0 aliphatic carbocycles. The average Bonchev–Trinajstić information content (AvgIpc) is 2.64. The van der Waals surface area contributed by atoms with Gasteiger partial charge in [0.2, 0.25) is 0 Å². The minimum absolute atomic E-state index is 0.0123. The summed E-state index contributed by atoms with van der Waals surface area (Å²) in [5.41, 5.74) is -2.14. The van der Waals surface area contributed by atoms with Crippen molar-refractivity contribution >= 4 is 46.2 Å². The molecule has 2 aromatic rings. The molecule has 0 bridgehead atoms. The normalized spacial score (nSPS) is 11.5. The first-order valence-electron chi connectivity index (χ1n) is 7.51. The summed E-state index contributed by atoms with van der Waals surface area (Å²) in [6, 6.07) is 7.82. The van der Waals surface area contributed by atoms with Crippen LogP contribution in [0.2, 0.25) is 10.0 Å². The van der Waals surface area contributed by atoms with Crippen LogP contribution in [-0.4, -0.2) is 10.8 Å². The van der Waals surface area contributed by atoms with Gasteiger partial charge in [-0.3, -0.25) is 14.9 Å². The molecule has 0 heterocycles. The molecule has 1 amide bonds. The lowest BCUT2D eigenvalue weighted by Crippen LogP contribution is -2.15. The van der Waals surface area contributed by atoms with Gasteiger partial charge >= 0.3 is 6.18 Å². The quantitative estimate of drug-likeness (QED) is 0.278. The van der Waals surface area contributed by atoms with Gasteiger partial charge in [-0.05, 0) is 24.3 Å². The van der Waals surface area contributed by atoms with Crippen LogP contribution in [0.1, 0.15) is 5.56 Å². The number of carbonyl (C=O) groups excluding carboxylic acids is 1. The molecule has 2 aromatic carbocycles. The molecule has 0 fully saturated rings. The molecule has 0 aromatic heterocycles. The van der Waals surface area contributed by atoms with Crippen molar-refractivity contribution in [2.24, 2.45) is 0 Å². The number of non-ortho nitro benzene ring substituents is 1. The molecule has 12 heteroatoms. The van der Waals surface area contributed by atoms with E-state index in [0.717, 1.165) is 24.4 Å². The van der Waals surface area contributed by atoms with Crippen LogP contribution in [0.5, 0.6) is 0 Å². The second-order valence-corrected chi connectivity index (χ2v) is 6.20. The van der Waals surface area contributed by atoms with Crippen LogP contribution in [0, 0.1) is 21.4 Å². The van der Waals surface area contributed by atoms with Crippen LogP contribution in [-0.2, 0) is 11.0 Å². The Morgan fingerprint density at radius 1 is 1.17 bits per heavy atom. The predicted octanol–water partition coefficient (Wildman–Crippen LogP) is 5.38. The molecule has 0 atom stereocenters. The Morgan fingerprint density at radius 3 is 2.41 bits per heavy atom. The first-order valence-corrected chi connectivity index (χ1v) is 8.27. The zero-order valence-electron chi connectivity index (χ0n) is 14.1. The summed E-state index contributed by atoms with van der Waals surface area (Å²) in [6.45, 7) is 0. The van der Waals surface area contributed by atoms with Crippen molar-refractivity contribution in [1.82, 2.24) is 0 Å². The SMILES string of the molecule is N#C/C(=C/Nc1ccc(Cl)c(C(F)(F)F)c1)C(=O)Nc1cc([N+](=O)[O-])ccc1Cl. The molecule has 29 heavy (non-hydrogen) atoms. The van der Waals surface area contributed by atoms with Crippen LogP contribution in [0.4, 0.5) is 30.2 Å². The van der Waals surface area contributed by atoms with E-state index in [2.05, 4.69) is 10.6 Å². The highest BCUT2D eigenvalue weighted by molar-refractivity contribution is 6.34. The van der Waals surface area contributed by atoms with Crippen molar-refractivity contribution in [3.8, 4) is 6.07 Å². The fraction of sp³-hybridized carbons (Fsp3) is 0.0588. The number of hydrogen-bond acceptors (Lipinski definition) is 5. The topological polar surface area (TPSA) is 108 Å². The lowest BCUT2D eigenvalue weighted by Gasteiger charge is -2.11. The van der Waals surface area contributed by atoms with Gasteiger partial charge in [-0.2, -0.15) is 18.4 Å². The van der Waals surface area contributed by atoms with Gasteiger partial charge < -0.3 is 10.6 Å². The Balaban J connectivity index is 2.23. The number of alkyl halides is 3. The lowest BCUT2D eigenvalue weighted by molar-refractivity contribution is -0.384. The fourth-order valence-electron chi connectivity index (χ4n) is 2.05. The maximum atomic E-state index is 12.9. The molecule has 150 valence electrons. The van der Waals surface area contributed by atoms with Crippen molar-refractivity contribution in [2.45, 2.75) is 6.18 Å². The summed E-state index contributed by atoms with van der Waals surface area (Å²) in [5.74, 6) is -0.979. The highest BCUT2D eigenvalue weighted by Crippen LogP contribution is 2.36. The van der Waals surface area contributed by atoms with Crippen LogP contribution in [0.3, 0.4) is 0 Å². The number of nitriles is 1. The number of amides is 1. The largest absolute Gasteiger partial charge is 0.417 e. The molecule has 0 saturated heterocycles. The van der Waals surface area contributed by atoms with Gasteiger partial charge in [-0.15, -0.1) is 0 Å². The number of rotatable bonds is 5. The number of nitro benzene ring substituents is 1. The van der Waals surface area contributed by atoms with Crippen molar-refractivity contribution in [1.29, 1.82) is 5.26 Å². The molecule has 0 spiro atoms. The molecular formula is C17H9Cl2F3N4O3. The van der Waals surface area contributed by atoms with E-state index < -0.39 is 33.2 Å². The summed E-state index contributed by atoms with van der Waals surface area (Å²) in [5, 5.41) is 24.0. The van der Waals surface area contributed by atoms with E-state index in [1.165, 1.54) is 12.1 Å². The third-order valence-electron chi connectivity index (χ3n) is 3.43. The zero-order valence-corrected chi connectivity index (χ0v) is 15.6. The van der Waals surface area contributed by atoms with Gasteiger partial charge in [0.25, 0.3) is 11.6 Å². The van der Waals surface area contributed by atoms with Gasteiger partial charge in [0.15, 0.2) is 0 Å². The minimum atomic E-state index is -4.69. The summed E-state index contributed by atoms with van der Waals surface area (Å²) in [4.78, 5) is 22.3. The van der Waals surface area contributed by atoms with Crippen LogP contribution >= 0.6 is 23.2 Å². The van der Waals surface area contributed by atoms with Crippen LogP contribution < -0.4 is 10.6 Å². The van der Waals surface area contributed by atoms with E-state index in [9.17, 15) is 28.1 Å². The average molecular weight is 445 g/mol. The first-order chi connectivity index (χ1) is 13.5. The fourth-order valence-corrected chi connectivity index (χ4v) is 2.44. The standard InChI is InChI=1S/C17H9Cl2F3N4O3/c18-13-3-1-10(5-12(13)17(20,21)22)24-8-9(7-23)16(27)25-15-6-11(26(28)29)2-4-14(15)19/h1-6,8,24H,(H,25,27)/b9-8-. The van der Waals surface area contributed by atoms with Crippen LogP contribution in [0.25, 0.3) is 0 Å². The predicted molar refractivity (Wildman–Crippen MR) is 101 cm³/mol. The summed E-state index contributed by atoms with van der Waals surface area (Å²) in [7, 11) is 0. The Morgan fingerprint density at radius 2 is 1.83 bits per heavy atom. The molecule has 0 radical (unpaired) electrons. The molecule has 2 rings (SSSR count). The molecule has 0 saturated carbocycles. The number of nitro groups is 1. The smallest absolute Gasteiger partial charge is 0.360 e. The Hall–Kier alpha value is -3.29. The Labute approximate surface area is 171 Å².